The van der Waals surface area contributed by atoms with Gasteiger partial charge < -0.3 is 23.5 Å². The summed E-state index contributed by atoms with van der Waals surface area (Å²) in [7, 11) is -3.11. The molecule has 0 aliphatic carbocycles. The Hall–Kier alpha value is -3.23. The number of benzene rings is 1. The highest BCUT2D eigenvalue weighted by molar-refractivity contribution is 7.93. The van der Waals surface area contributed by atoms with Crippen LogP contribution in [0.1, 0.15) is 27.9 Å². The smallest absolute Gasteiger partial charge is 0.270 e. The molecule has 194 valence electrons. The minimum absolute atomic E-state index is 0.0152. The number of anilines is 1. The van der Waals surface area contributed by atoms with Gasteiger partial charge in [0.25, 0.3) is 15.9 Å². The van der Waals surface area contributed by atoms with E-state index in [1.165, 1.54) is 19.4 Å². The molecule has 14 heteroatoms. The van der Waals surface area contributed by atoms with E-state index in [0.29, 0.717) is 16.3 Å². The first-order valence-corrected chi connectivity index (χ1v) is 13.5. The van der Waals surface area contributed by atoms with Crippen LogP contribution >= 0.6 is 22.9 Å². The predicted octanol–water partition coefficient (Wildman–Crippen LogP) is 4.37. The molecule has 3 aromatic heterocycles. The molecule has 11 nitrogen and oxygen atoms in total. The van der Waals surface area contributed by atoms with Crippen LogP contribution in [0.4, 0.5) is 5.88 Å². The van der Waals surface area contributed by atoms with Crippen LogP contribution in [0.15, 0.2) is 45.9 Å². The maximum Gasteiger partial charge on any atom is 0.270 e. The Kier molecular flexibility index (Phi) is 6.81. The molecule has 0 spiro atoms. The van der Waals surface area contributed by atoms with Crippen molar-refractivity contribution >= 4 is 54.8 Å². The van der Waals surface area contributed by atoms with Gasteiger partial charge in [-0.05, 0) is 44.2 Å². The van der Waals surface area contributed by atoms with Gasteiger partial charge >= 0.3 is 0 Å². The number of methoxy groups -OCH3 is 1. The largest absolute Gasteiger partial charge is 0.454 e. The number of aromatic nitrogens is 2. The first-order chi connectivity index (χ1) is 17.7. The summed E-state index contributed by atoms with van der Waals surface area (Å²) in [5, 5.41) is 4.02. The van der Waals surface area contributed by atoms with Crippen molar-refractivity contribution in [3.05, 3.63) is 57.7 Å². The first-order valence-electron chi connectivity index (χ1n) is 10.8. The lowest BCUT2D eigenvalue weighted by Gasteiger charge is -2.23. The van der Waals surface area contributed by atoms with Gasteiger partial charge in [-0.1, -0.05) is 16.8 Å². The molecular weight excluding hydrogens is 546 g/mol. The quantitative estimate of drug-likeness (QED) is 0.213. The van der Waals surface area contributed by atoms with Crippen LogP contribution in [0, 0.1) is 6.92 Å². The van der Waals surface area contributed by atoms with E-state index >= 15 is 0 Å². The molecule has 4 aromatic rings. The Bertz CT molecular complexity index is 1600. The minimum Gasteiger partial charge on any atom is -0.454 e. The normalized spacial score (nSPS) is 13.7. The molecule has 1 unspecified atom stereocenters. The summed E-state index contributed by atoms with van der Waals surface area (Å²) in [4.78, 5) is 18.0. The summed E-state index contributed by atoms with van der Waals surface area (Å²) in [6, 6.07) is 7.81. The second kappa shape index (κ2) is 9.91. The third kappa shape index (κ3) is 4.53. The monoisotopic (exact) mass is 565 g/mol. The highest BCUT2D eigenvalue weighted by atomic mass is 35.5. The van der Waals surface area contributed by atoms with Crippen LogP contribution in [0.3, 0.4) is 0 Å². The number of nitrogens with zero attached hydrogens (tertiary/aromatic N) is 3. The van der Waals surface area contributed by atoms with Crippen LogP contribution < -0.4 is 13.8 Å². The van der Waals surface area contributed by atoms with Crippen molar-refractivity contribution in [2.75, 3.05) is 24.9 Å². The number of sulfonamides is 1. The van der Waals surface area contributed by atoms with Gasteiger partial charge in [-0.25, -0.2) is 17.7 Å². The topological polar surface area (TPSA) is 130 Å². The second-order valence-electron chi connectivity index (χ2n) is 7.85. The average molecular weight is 566 g/mol. The molecular formula is C23H20ClN3O8S2. The zero-order valence-corrected chi connectivity index (χ0v) is 22.1. The number of halogens is 1. The van der Waals surface area contributed by atoms with E-state index in [9.17, 15) is 13.2 Å². The van der Waals surface area contributed by atoms with Gasteiger partial charge in [-0.2, -0.15) is 0 Å². The average Bonchev–Trinajstić information content (AvgIpc) is 3.61. The number of thiophene rings is 1. The number of carbonyl (C=O) groups excluding carboxylic acids is 1. The summed E-state index contributed by atoms with van der Waals surface area (Å²) in [5.74, 6) is 0.0911. The maximum absolute atomic E-state index is 14.3. The number of aryl methyl sites for hydroxylation is 1. The molecule has 0 fully saturated rings. The molecule has 1 aliphatic rings. The van der Waals surface area contributed by atoms with E-state index in [-0.39, 0.29) is 44.1 Å². The van der Waals surface area contributed by atoms with Crippen LogP contribution in [0.25, 0.3) is 10.2 Å². The number of ether oxygens (including phenoxy) is 4. The maximum atomic E-state index is 14.3. The Morgan fingerprint density at radius 3 is 2.78 bits per heavy atom. The Labute approximate surface area is 220 Å². The van der Waals surface area contributed by atoms with E-state index < -0.39 is 28.8 Å². The number of fused-ring (bicyclic) bond motifs is 2. The third-order valence-electron chi connectivity index (χ3n) is 5.57. The summed E-state index contributed by atoms with van der Waals surface area (Å²) in [6.07, 6.45) is 0.762. The minimum atomic E-state index is -4.52. The van der Waals surface area contributed by atoms with Gasteiger partial charge in [0.05, 0.1) is 4.88 Å². The van der Waals surface area contributed by atoms with Crippen molar-refractivity contribution in [2.24, 2.45) is 0 Å². The molecule has 4 heterocycles. The summed E-state index contributed by atoms with van der Waals surface area (Å²) >= 11 is 7.29. The van der Waals surface area contributed by atoms with Gasteiger partial charge in [-0.3, -0.25) is 4.79 Å². The van der Waals surface area contributed by atoms with E-state index in [0.717, 1.165) is 15.6 Å². The van der Waals surface area contributed by atoms with Crippen molar-refractivity contribution < 1.29 is 36.7 Å². The predicted molar refractivity (Wildman–Crippen MR) is 134 cm³/mol. The molecule has 37 heavy (non-hydrogen) atoms. The van der Waals surface area contributed by atoms with E-state index in [1.54, 1.807) is 38.1 Å². The second-order valence-corrected chi connectivity index (χ2v) is 11.0. The number of ketones is 1. The number of rotatable bonds is 9. The van der Waals surface area contributed by atoms with Gasteiger partial charge in [0.1, 0.15) is 27.2 Å². The molecule has 5 rings (SSSR count). The summed E-state index contributed by atoms with van der Waals surface area (Å²) < 4.78 is 55.9. The molecule has 1 aromatic carbocycles. The van der Waals surface area contributed by atoms with Crippen molar-refractivity contribution in [3.63, 3.8) is 0 Å². The highest BCUT2D eigenvalue weighted by Crippen LogP contribution is 2.41. The molecule has 1 atom stereocenters. The molecule has 0 radical (unpaired) electrons. The van der Waals surface area contributed by atoms with Crippen molar-refractivity contribution in [1.29, 1.82) is 0 Å². The number of hydrogen-bond donors (Lipinski definition) is 0. The highest BCUT2D eigenvalue weighted by Gasteiger charge is 2.38. The van der Waals surface area contributed by atoms with Gasteiger partial charge in [-0.15, -0.1) is 11.3 Å². The molecule has 0 bridgehead atoms. The molecule has 0 N–H and O–H groups in total. The van der Waals surface area contributed by atoms with Gasteiger partial charge in [0.2, 0.25) is 12.6 Å². The lowest BCUT2D eigenvalue weighted by molar-refractivity contribution is -0.108. The van der Waals surface area contributed by atoms with E-state index in [1.807, 2.05) is 0 Å². The van der Waals surface area contributed by atoms with Crippen molar-refractivity contribution in [1.82, 2.24) is 10.1 Å². The third-order valence-corrected chi connectivity index (χ3v) is 9.04. The summed E-state index contributed by atoms with van der Waals surface area (Å²) in [5.41, 5.74) is 0.502. The fourth-order valence-corrected chi connectivity index (χ4v) is 6.83. The zero-order chi connectivity index (χ0) is 26.3. The lowest BCUT2D eigenvalue weighted by Crippen LogP contribution is -2.35. The molecule has 0 saturated carbocycles. The summed E-state index contributed by atoms with van der Waals surface area (Å²) in [6.45, 7) is 2.67. The SMILES string of the molecule is COC(C)OCN(c1onc(C)c1Cl)S(=O)(=O)c1c(C(=O)c2ccc3c(c2)OCO3)sc2ncccc12. The van der Waals surface area contributed by atoms with Gasteiger partial charge in [0, 0.05) is 24.3 Å². The number of carbonyl (C=O) groups is 1. The lowest BCUT2D eigenvalue weighted by atomic mass is 10.1. The van der Waals surface area contributed by atoms with E-state index in [4.69, 9.17) is 35.1 Å². The molecule has 1 aliphatic heterocycles. The van der Waals surface area contributed by atoms with Crippen LogP contribution in [-0.2, 0) is 19.5 Å². The molecule has 0 amide bonds. The Morgan fingerprint density at radius 1 is 1.27 bits per heavy atom. The number of hydrogen-bond acceptors (Lipinski definition) is 11. The fraction of sp³-hybridized carbons (Fsp3) is 0.261. The van der Waals surface area contributed by atoms with Crippen molar-refractivity contribution in [2.45, 2.75) is 25.0 Å². The van der Waals surface area contributed by atoms with Crippen LogP contribution in [-0.4, -0.2) is 51.3 Å². The molecule has 0 saturated heterocycles. The van der Waals surface area contributed by atoms with Crippen LogP contribution in [0.2, 0.25) is 5.02 Å². The fourth-order valence-electron chi connectivity index (χ4n) is 3.57. The van der Waals surface area contributed by atoms with Crippen molar-refractivity contribution in [3.8, 4) is 11.5 Å². The Balaban J connectivity index is 1.67. The standard InChI is InChI=1S/C23H20ClN3O8S2/c1-12-18(24)23(35-26-12)27(10-32-13(2)31-3)37(29,30)21-15-5-4-8-25-22(15)36-20(21)19(28)14-6-7-16-17(9-14)34-11-33-16/h4-9,13H,10-11H2,1-3H3. The Morgan fingerprint density at radius 2 is 2.05 bits per heavy atom. The van der Waals surface area contributed by atoms with E-state index in [2.05, 4.69) is 10.1 Å². The number of pyridine rings is 1. The van der Waals surface area contributed by atoms with Crippen LogP contribution in [0.5, 0.6) is 11.5 Å². The first kappa shape index (κ1) is 25.4. The zero-order valence-electron chi connectivity index (χ0n) is 19.8. The van der Waals surface area contributed by atoms with Gasteiger partial charge in [0.15, 0.2) is 17.8 Å².